The van der Waals surface area contributed by atoms with E-state index >= 15 is 0 Å². The number of hydrogen-bond donors (Lipinski definition) is 3. The Balaban J connectivity index is 2.55. The number of carbonyl (C=O) groups is 1. The van der Waals surface area contributed by atoms with Crippen molar-refractivity contribution in [1.29, 1.82) is 0 Å². The Hall–Kier alpha value is -0.980. The van der Waals surface area contributed by atoms with Gasteiger partial charge in [0.2, 0.25) is 0 Å². The van der Waals surface area contributed by atoms with E-state index < -0.39 is 6.10 Å². The molecule has 4 nitrogen and oxygen atoms in total. The van der Waals surface area contributed by atoms with Crippen molar-refractivity contribution in [3.8, 4) is 0 Å². The molecule has 1 atom stereocenters. The van der Waals surface area contributed by atoms with Gasteiger partial charge in [0.1, 0.15) is 0 Å². The Morgan fingerprint density at radius 1 is 1.53 bits per heavy atom. The second-order valence-electron chi connectivity index (χ2n) is 3.49. The third kappa shape index (κ3) is 4.80. The van der Waals surface area contributed by atoms with Crippen molar-refractivity contribution >= 4 is 39.2 Å². The van der Waals surface area contributed by atoms with Gasteiger partial charge in [-0.25, -0.2) is 0 Å². The van der Waals surface area contributed by atoms with Gasteiger partial charge in [0, 0.05) is 11.0 Å². The van der Waals surface area contributed by atoms with Crippen LogP contribution in [0.5, 0.6) is 0 Å². The third-order valence-electron chi connectivity index (χ3n) is 1.90. The maximum Gasteiger partial charge on any atom is 0.258 e. The summed E-state index contributed by atoms with van der Waals surface area (Å²) in [6.45, 7) is 1.93. The van der Waals surface area contributed by atoms with Gasteiger partial charge in [-0.3, -0.25) is 10.1 Å². The normalized spacial score (nSPS) is 11.7. The molecule has 3 N–H and O–H groups in total. The zero-order chi connectivity index (χ0) is 12.8. The molecule has 0 heterocycles. The minimum absolute atomic E-state index is 0.201. The van der Waals surface area contributed by atoms with E-state index in [2.05, 4.69) is 26.6 Å². The molecule has 1 amide bonds. The molecule has 0 aliphatic heterocycles. The molecule has 1 aromatic carbocycles. The Labute approximate surface area is 114 Å². The van der Waals surface area contributed by atoms with Crippen LogP contribution in [0.15, 0.2) is 28.7 Å². The van der Waals surface area contributed by atoms with Crippen LogP contribution in [0.2, 0.25) is 0 Å². The lowest BCUT2D eigenvalue weighted by Crippen LogP contribution is -2.41. The summed E-state index contributed by atoms with van der Waals surface area (Å²) in [5.41, 5.74) is 0.508. The molecule has 1 aromatic rings. The predicted molar refractivity (Wildman–Crippen MR) is 73.9 cm³/mol. The molecule has 0 spiro atoms. The zero-order valence-electron chi connectivity index (χ0n) is 9.24. The lowest BCUT2D eigenvalue weighted by molar-refractivity contribution is 0.0975. The summed E-state index contributed by atoms with van der Waals surface area (Å²) in [6.07, 6.45) is -0.520. The number of aliphatic hydroxyl groups is 1. The summed E-state index contributed by atoms with van der Waals surface area (Å²) in [7, 11) is 0. The maximum absolute atomic E-state index is 11.8. The van der Waals surface area contributed by atoms with Crippen molar-refractivity contribution in [3.63, 3.8) is 0 Å². The lowest BCUT2D eigenvalue weighted by atomic mass is 10.2. The van der Waals surface area contributed by atoms with Crippen molar-refractivity contribution in [3.05, 3.63) is 34.3 Å². The quantitative estimate of drug-likeness (QED) is 0.738. The molecule has 0 aliphatic rings. The van der Waals surface area contributed by atoms with E-state index in [1.165, 1.54) is 0 Å². The monoisotopic (exact) mass is 316 g/mol. The molecule has 0 aromatic heterocycles. The average molecular weight is 317 g/mol. The van der Waals surface area contributed by atoms with Crippen LogP contribution in [0.4, 0.5) is 0 Å². The molecule has 0 saturated carbocycles. The van der Waals surface area contributed by atoms with Crippen LogP contribution in [0.25, 0.3) is 0 Å². The molecular weight excluding hydrogens is 304 g/mol. The molecule has 17 heavy (non-hydrogen) atoms. The maximum atomic E-state index is 11.8. The van der Waals surface area contributed by atoms with Crippen LogP contribution in [0.1, 0.15) is 17.3 Å². The van der Waals surface area contributed by atoms with Crippen LogP contribution >= 0.6 is 28.1 Å². The van der Waals surface area contributed by atoms with E-state index in [-0.39, 0.29) is 11.0 Å². The van der Waals surface area contributed by atoms with Crippen molar-refractivity contribution in [2.45, 2.75) is 13.0 Å². The van der Waals surface area contributed by atoms with Crippen LogP contribution < -0.4 is 10.6 Å². The van der Waals surface area contributed by atoms with Crippen molar-refractivity contribution in [1.82, 2.24) is 10.6 Å². The fourth-order valence-corrected chi connectivity index (χ4v) is 1.74. The number of nitrogens with one attached hydrogen (secondary N) is 2. The minimum atomic E-state index is -0.520. The Morgan fingerprint density at radius 3 is 2.76 bits per heavy atom. The highest BCUT2D eigenvalue weighted by atomic mass is 79.9. The van der Waals surface area contributed by atoms with Gasteiger partial charge in [0.15, 0.2) is 5.11 Å². The molecule has 1 rings (SSSR count). The molecule has 1 unspecified atom stereocenters. The van der Waals surface area contributed by atoms with Gasteiger partial charge in [-0.15, -0.1) is 0 Å². The largest absolute Gasteiger partial charge is 0.392 e. The number of benzene rings is 1. The lowest BCUT2D eigenvalue weighted by Gasteiger charge is -2.11. The summed E-state index contributed by atoms with van der Waals surface area (Å²) >= 11 is 8.21. The Bertz CT molecular complexity index is 424. The van der Waals surface area contributed by atoms with Gasteiger partial charge in [-0.05, 0) is 47.2 Å². The predicted octanol–water partition coefficient (Wildman–Crippen LogP) is 1.43. The van der Waals surface area contributed by atoms with E-state index in [4.69, 9.17) is 17.3 Å². The van der Waals surface area contributed by atoms with Gasteiger partial charge >= 0.3 is 0 Å². The summed E-state index contributed by atoms with van der Waals surface area (Å²) in [5.74, 6) is -0.291. The summed E-state index contributed by atoms with van der Waals surface area (Å²) in [6, 6.07) is 7.06. The summed E-state index contributed by atoms with van der Waals surface area (Å²) in [4.78, 5) is 11.8. The topological polar surface area (TPSA) is 61.4 Å². The first-order chi connectivity index (χ1) is 8.00. The smallest absolute Gasteiger partial charge is 0.258 e. The Kier molecular flexibility index (Phi) is 5.54. The fourth-order valence-electron chi connectivity index (χ4n) is 1.10. The number of rotatable bonds is 3. The standard InChI is InChI=1S/C11H13BrN2O2S/c1-7(15)6-13-11(17)14-10(16)8-4-2-3-5-9(8)12/h2-5,7,15H,6H2,1H3,(H2,13,14,16,17). The first kappa shape index (κ1) is 14.1. The number of thiocarbonyl (C=S) groups is 1. The highest BCUT2D eigenvalue weighted by Gasteiger charge is 2.10. The number of carbonyl (C=O) groups excluding carboxylic acids is 1. The number of hydrogen-bond acceptors (Lipinski definition) is 3. The third-order valence-corrected chi connectivity index (χ3v) is 2.84. The van der Waals surface area contributed by atoms with Gasteiger partial charge in [-0.2, -0.15) is 0 Å². The van der Waals surface area contributed by atoms with Gasteiger partial charge < -0.3 is 10.4 Å². The Morgan fingerprint density at radius 2 is 2.18 bits per heavy atom. The van der Waals surface area contributed by atoms with E-state index in [9.17, 15) is 4.79 Å². The van der Waals surface area contributed by atoms with Gasteiger partial charge in [0.25, 0.3) is 5.91 Å². The number of aliphatic hydroxyl groups excluding tert-OH is 1. The highest BCUT2D eigenvalue weighted by Crippen LogP contribution is 2.15. The van der Waals surface area contributed by atoms with Crippen LogP contribution in [-0.4, -0.2) is 28.8 Å². The van der Waals surface area contributed by atoms with E-state index in [0.29, 0.717) is 16.6 Å². The van der Waals surface area contributed by atoms with Crippen LogP contribution in [0.3, 0.4) is 0 Å². The highest BCUT2D eigenvalue weighted by molar-refractivity contribution is 9.10. The summed E-state index contributed by atoms with van der Waals surface area (Å²) in [5, 5.41) is 14.5. The molecule has 0 saturated heterocycles. The first-order valence-electron chi connectivity index (χ1n) is 5.02. The van der Waals surface area contributed by atoms with E-state index in [1.54, 1.807) is 25.1 Å². The molecule has 0 aliphatic carbocycles. The van der Waals surface area contributed by atoms with Gasteiger partial charge in [0.05, 0.1) is 11.7 Å². The molecule has 0 radical (unpaired) electrons. The van der Waals surface area contributed by atoms with E-state index in [1.807, 2.05) is 6.07 Å². The molecule has 0 fully saturated rings. The SMILES string of the molecule is CC(O)CNC(=S)NC(=O)c1ccccc1Br. The zero-order valence-corrected chi connectivity index (χ0v) is 11.6. The average Bonchev–Trinajstić information content (AvgIpc) is 2.26. The summed E-state index contributed by atoms with van der Waals surface area (Å²) < 4.78 is 0.704. The molecule has 6 heteroatoms. The first-order valence-corrected chi connectivity index (χ1v) is 6.22. The van der Waals surface area contributed by atoms with Crippen LogP contribution in [-0.2, 0) is 0 Å². The van der Waals surface area contributed by atoms with Crippen molar-refractivity contribution in [2.24, 2.45) is 0 Å². The number of amides is 1. The molecular formula is C11H13BrN2O2S. The van der Waals surface area contributed by atoms with E-state index in [0.717, 1.165) is 0 Å². The van der Waals surface area contributed by atoms with Crippen molar-refractivity contribution < 1.29 is 9.90 Å². The minimum Gasteiger partial charge on any atom is -0.392 e. The van der Waals surface area contributed by atoms with Crippen molar-refractivity contribution in [2.75, 3.05) is 6.54 Å². The molecule has 92 valence electrons. The fraction of sp³-hybridized carbons (Fsp3) is 0.273. The van der Waals surface area contributed by atoms with Crippen LogP contribution in [0, 0.1) is 0 Å². The molecule has 0 bridgehead atoms. The number of halogens is 1. The second kappa shape index (κ2) is 6.68. The second-order valence-corrected chi connectivity index (χ2v) is 4.76. The van der Waals surface area contributed by atoms with Gasteiger partial charge in [-0.1, -0.05) is 12.1 Å².